The normalized spacial score (nSPS) is 17.6. The number of nitrogens with zero attached hydrogens (tertiary/aromatic N) is 1. The number of rotatable bonds is 6. The lowest BCUT2D eigenvalue weighted by Gasteiger charge is -2.25. The van der Waals surface area contributed by atoms with Gasteiger partial charge in [-0.15, -0.1) is 0 Å². The molecule has 2 amide bonds. The van der Waals surface area contributed by atoms with Crippen molar-refractivity contribution in [3.05, 3.63) is 64.2 Å². The highest BCUT2D eigenvalue weighted by Gasteiger charge is 2.26. The van der Waals surface area contributed by atoms with Gasteiger partial charge >= 0.3 is 0 Å². The van der Waals surface area contributed by atoms with Crippen LogP contribution in [0, 0.1) is 13.8 Å². The summed E-state index contributed by atoms with van der Waals surface area (Å²) >= 11 is 0. The van der Waals surface area contributed by atoms with E-state index in [1.165, 1.54) is 11.1 Å². The first-order valence-corrected chi connectivity index (χ1v) is 10.9. The van der Waals surface area contributed by atoms with Gasteiger partial charge in [-0.1, -0.05) is 18.2 Å². The van der Waals surface area contributed by atoms with Crippen molar-refractivity contribution in [1.29, 1.82) is 0 Å². The van der Waals surface area contributed by atoms with E-state index in [9.17, 15) is 9.59 Å². The number of anilines is 1. The van der Waals surface area contributed by atoms with Crippen molar-refractivity contribution in [3.8, 4) is 0 Å². The summed E-state index contributed by atoms with van der Waals surface area (Å²) in [5, 5.41) is 2.98. The molecule has 5 heteroatoms. The van der Waals surface area contributed by atoms with Gasteiger partial charge < -0.3 is 15.0 Å². The monoisotopic (exact) mass is 406 g/mol. The van der Waals surface area contributed by atoms with E-state index in [1.807, 2.05) is 44.2 Å². The number of ether oxygens (including phenoxy) is 1. The molecule has 2 aromatic rings. The lowest BCUT2D eigenvalue weighted by molar-refractivity contribution is -0.117. The number of carbonyl (C=O) groups excluding carboxylic acids is 2. The number of fused-ring (bicyclic) bond motifs is 1. The smallest absolute Gasteiger partial charge is 0.254 e. The number of hydrogen-bond donors (Lipinski definition) is 1. The van der Waals surface area contributed by atoms with Crippen molar-refractivity contribution in [2.45, 2.75) is 52.1 Å². The highest BCUT2D eigenvalue weighted by atomic mass is 16.5. The van der Waals surface area contributed by atoms with Crippen LogP contribution in [0.5, 0.6) is 0 Å². The predicted octanol–water partition coefficient (Wildman–Crippen LogP) is 4.05. The van der Waals surface area contributed by atoms with Crippen molar-refractivity contribution in [1.82, 2.24) is 4.90 Å². The van der Waals surface area contributed by atoms with E-state index in [4.69, 9.17) is 4.74 Å². The highest BCUT2D eigenvalue weighted by Crippen LogP contribution is 2.24. The van der Waals surface area contributed by atoms with E-state index in [1.54, 1.807) is 4.90 Å². The molecule has 0 radical (unpaired) electrons. The Labute approximate surface area is 178 Å². The second-order valence-electron chi connectivity index (χ2n) is 8.45. The molecule has 0 spiro atoms. The van der Waals surface area contributed by atoms with Gasteiger partial charge in [0.25, 0.3) is 5.91 Å². The summed E-state index contributed by atoms with van der Waals surface area (Å²) in [4.78, 5) is 27.8. The average Bonchev–Trinajstić information content (AvgIpc) is 3.41. The van der Waals surface area contributed by atoms with Gasteiger partial charge in [-0.05, 0) is 86.4 Å². The Morgan fingerprint density at radius 3 is 2.73 bits per heavy atom. The summed E-state index contributed by atoms with van der Waals surface area (Å²) in [6, 6.07) is 11.8. The maximum absolute atomic E-state index is 13.3. The molecule has 158 valence electrons. The summed E-state index contributed by atoms with van der Waals surface area (Å²) < 4.78 is 5.75. The summed E-state index contributed by atoms with van der Waals surface area (Å²) in [6.07, 6.45) is 5.17. The molecule has 1 heterocycles. The second-order valence-corrected chi connectivity index (χ2v) is 8.45. The Balaban J connectivity index is 1.51. The van der Waals surface area contributed by atoms with Crippen molar-refractivity contribution in [2.24, 2.45) is 0 Å². The molecule has 30 heavy (non-hydrogen) atoms. The molecule has 1 aliphatic heterocycles. The first kappa shape index (κ1) is 20.6. The lowest BCUT2D eigenvalue weighted by Crippen LogP contribution is -2.42. The Morgan fingerprint density at radius 2 is 1.93 bits per heavy atom. The number of nitrogens with one attached hydrogen (secondary N) is 1. The van der Waals surface area contributed by atoms with Crippen LogP contribution in [-0.4, -0.2) is 42.5 Å². The largest absolute Gasteiger partial charge is 0.376 e. The standard InChI is InChI=1S/C25H30N2O3/c1-17-6-3-10-23(18(17)2)26-24(28)16-27(15-22-9-5-13-30-22)25(29)21-12-11-19-7-4-8-20(19)14-21/h3,6,10-12,14,22H,4-5,7-9,13,15-16H2,1-2H3,(H,26,28)/t22-/m1/s1. The van der Waals surface area contributed by atoms with Crippen LogP contribution >= 0.6 is 0 Å². The highest BCUT2D eigenvalue weighted by molar-refractivity contribution is 5.99. The molecule has 0 saturated carbocycles. The van der Waals surface area contributed by atoms with Crippen LogP contribution in [0.1, 0.15) is 51.9 Å². The van der Waals surface area contributed by atoms with Crippen molar-refractivity contribution < 1.29 is 14.3 Å². The maximum atomic E-state index is 13.3. The average molecular weight is 407 g/mol. The molecule has 0 aromatic heterocycles. The Kier molecular flexibility index (Phi) is 6.18. The van der Waals surface area contributed by atoms with E-state index < -0.39 is 0 Å². The van der Waals surface area contributed by atoms with Gasteiger partial charge in [0, 0.05) is 24.4 Å². The molecular weight excluding hydrogens is 376 g/mol. The number of carbonyl (C=O) groups is 2. The maximum Gasteiger partial charge on any atom is 0.254 e. The fraction of sp³-hybridized carbons (Fsp3) is 0.440. The number of benzene rings is 2. The molecular formula is C25H30N2O3. The van der Waals surface area contributed by atoms with Gasteiger partial charge in [-0.2, -0.15) is 0 Å². The molecule has 1 fully saturated rings. The SMILES string of the molecule is Cc1cccc(NC(=O)CN(C[C@H]2CCCO2)C(=O)c2ccc3c(c2)CCC3)c1C. The third-order valence-corrected chi connectivity index (χ3v) is 6.29. The molecule has 2 aliphatic rings. The number of aryl methyl sites for hydroxylation is 3. The van der Waals surface area contributed by atoms with E-state index >= 15 is 0 Å². The van der Waals surface area contributed by atoms with Crippen LogP contribution in [0.3, 0.4) is 0 Å². The van der Waals surface area contributed by atoms with Crippen LogP contribution < -0.4 is 5.32 Å². The second kappa shape index (κ2) is 9.00. The summed E-state index contributed by atoms with van der Waals surface area (Å²) in [6.45, 7) is 5.19. The van der Waals surface area contributed by atoms with Gasteiger partial charge in [0.2, 0.25) is 5.91 Å². The molecule has 1 atom stereocenters. The van der Waals surface area contributed by atoms with Crippen LogP contribution in [-0.2, 0) is 22.4 Å². The Hall–Kier alpha value is -2.66. The third kappa shape index (κ3) is 4.57. The van der Waals surface area contributed by atoms with Crippen LogP contribution in [0.15, 0.2) is 36.4 Å². The fourth-order valence-corrected chi connectivity index (χ4v) is 4.39. The number of amides is 2. The summed E-state index contributed by atoms with van der Waals surface area (Å²) in [5.41, 5.74) is 6.22. The first-order chi connectivity index (χ1) is 14.5. The van der Waals surface area contributed by atoms with E-state index in [2.05, 4.69) is 11.4 Å². The molecule has 0 bridgehead atoms. The molecule has 1 saturated heterocycles. The molecule has 2 aromatic carbocycles. The zero-order valence-corrected chi connectivity index (χ0v) is 17.9. The molecule has 0 unspecified atom stereocenters. The van der Waals surface area contributed by atoms with Crippen molar-refractivity contribution >= 4 is 17.5 Å². The van der Waals surface area contributed by atoms with Crippen LogP contribution in [0.4, 0.5) is 5.69 Å². The minimum Gasteiger partial charge on any atom is -0.376 e. The zero-order valence-electron chi connectivity index (χ0n) is 17.9. The van der Waals surface area contributed by atoms with Gasteiger partial charge in [-0.25, -0.2) is 0 Å². The van der Waals surface area contributed by atoms with Gasteiger partial charge in [-0.3, -0.25) is 9.59 Å². The summed E-state index contributed by atoms with van der Waals surface area (Å²) in [7, 11) is 0. The molecule has 1 aliphatic carbocycles. The number of hydrogen-bond acceptors (Lipinski definition) is 3. The van der Waals surface area contributed by atoms with E-state index in [0.29, 0.717) is 12.1 Å². The Bertz CT molecular complexity index is 947. The van der Waals surface area contributed by atoms with Gasteiger partial charge in [0.15, 0.2) is 0 Å². The topological polar surface area (TPSA) is 58.6 Å². The minimum atomic E-state index is -0.184. The molecule has 1 N–H and O–H groups in total. The van der Waals surface area contributed by atoms with Gasteiger partial charge in [0.1, 0.15) is 6.54 Å². The predicted molar refractivity (Wildman–Crippen MR) is 118 cm³/mol. The van der Waals surface area contributed by atoms with Crippen molar-refractivity contribution in [3.63, 3.8) is 0 Å². The van der Waals surface area contributed by atoms with E-state index in [-0.39, 0.29) is 24.5 Å². The van der Waals surface area contributed by atoms with Gasteiger partial charge in [0.05, 0.1) is 6.10 Å². The van der Waals surface area contributed by atoms with Crippen molar-refractivity contribution in [2.75, 3.05) is 25.0 Å². The third-order valence-electron chi connectivity index (χ3n) is 6.29. The van der Waals surface area contributed by atoms with Crippen LogP contribution in [0.25, 0.3) is 0 Å². The summed E-state index contributed by atoms with van der Waals surface area (Å²) in [5.74, 6) is -0.285. The zero-order chi connectivity index (χ0) is 21.1. The fourth-order valence-electron chi connectivity index (χ4n) is 4.39. The van der Waals surface area contributed by atoms with Crippen LogP contribution in [0.2, 0.25) is 0 Å². The Morgan fingerprint density at radius 1 is 1.10 bits per heavy atom. The first-order valence-electron chi connectivity index (χ1n) is 10.9. The molecule has 5 nitrogen and oxygen atoms in total. The lowest BCUT2D eigenvalue weighted by atomic mass is 10.1. The van der Waals surface area contributed by atoms with E-state index in [0.717, 1.165) is 55.5 Å². The minimum absolute atomic E-state index is 0.00289. The molecule has 4 rings (SSSR count). The quantitative estimate of drug-likeness (QED) is 0.787.